The summed E-state index contributed by atoms with van der Waals surface area (Å²) in [6.45, 7) is 4.22. The van der Waals surface area contributed by atoms with Crippen LogP contribution in [0.1, 0.15) is 32.7 Å². The van der Waals surface area contributed by atoms with Crippen LogP contribution in [0.15, 0.2) is 18.7 Å². The van der Waals surface area contributed by atoms with E-state index in [1.54, 1.807) is 35.1 Å². The van der Waals surface area contributed by atoms with E-state index in [1.165, 1.54) is 0 Å². The van der Waals surface area contributed by atoms with Gasteiger partial charge < -0.3 is 9.47 Å². The summed E-state index contributed by atoms with van der Waals surface area (Å²) in [6.07, 6.45) is 6.18. The van der Waals surface area contributed by atoms with Crippen LogP contribution in [0, 0.1) is 0 Å². The number of rotatable bonds is 3. The van der Waals surface area contributed by atoms with Crippen molar-refractivity contribution in [3.63, 3.8) is 0 Å². The zero-order chi connectivity index (χ0) is 12.5. The summed E-state index contributed by atoms with van der Waals surface area (Å²) in [4.78, 5) is 17.8. The molecule has 1 aromatic rings. The van der Waals surface area contributed by atoms with Crippen molar-refractivity contribution < 1.29 is 9.18 Å². The minimum atomic E-state index is -1.23. The van der Waals surface area contributed by atoms with E-state index in [9.17, 15) is 9.18 Å². The van der Waals surface area contributed by atoms with Gasteiger partial charge in [0, 0.05) is 25.4 Å². The van der Waals surface area contributed by atoms with E-state index >= 15 is 0 Å². The number of imidazole rings is 1. The lowest BCUT2D eigenvalue weighted by molar-refractivity contribution is -0.134. The van der Waals surface area contributed by atoms with Crippen LogP contribution in [-0.2, 0) is 4.79 Å². The molecule has 2 rings (SSSR count). The van der Waals surface area contributed by atoms with Crippen LogP contribution in [0.25, 0.3) is 0 Å². The van der Waals surface area contributed by atoms with Crippen LogP contribution in [-0.4, -0.2) is 39.1 Å². The molecule has 0 aliphatic carbocycles. The molecular weight excluding hydrogens is 221 g/mol. The van der Waals surface area contributed by atoms with Crippen molar-refractivity contribution in [3.05, 3.63) is 18.7 Å². The molecule has 0 spiro atoms. The third kappa shape index (κ3) is 2.48. The van der Waals surface area contributed by atoms with Gasteiger partial charge in [-0.1, -0.05) is 6.92 Å². The quantitative estimate of drug-likeness (QED) is 0.806. The number of carbonyl (C=O) groups excluding carboxylic acids is 1. The van der Waals surface area contributed by atoms with Gasteiger partial charge in [0.2, 0.25) is 5.91 Å². The van der Waals surface area contributed by atoms with Crippen molar-refractivity contribution in [3.8, 4) is 0 Å². The fraction of sp³-hybridized carbons (Fsp3) is 0.667. The van der Waals surface area contributed by atoms with Crippen molar-refractivity contribution in [1.29, 1.82) is 0 Å². The number of aromatic nitrogens is 2. The second-order valence-electron chi connectivity index (χ2n) is 4.86. The first-order chi connectivity index (χ1) is 8.03. The Bertz CT molecular complexity index is 388. The Hall–Kier alpha value is -1.39. The molecule has 2 heterocycles. The van der Waals surface area contributed by atoms with Crippen molar-refractivity contribution in [2.75, 3.05) is 13.1 Å². The molecule has 1 saturated heterocycles. The van der Waals surface area contributed by atoms with Gasteiger partial charge in [-0.05, 0) is 13.3 Å². The third-order valence-corrected chi connectivity index (χ3v) is 3.29. The van der Waals surface area contributed by atoms with Gasteiger partial charge in [0.25, 0.3) is 0 Å². The van der Waals surface area contributed by atoms with Crippen LogP contribution >= 0.6 is 0 Å². The van der Waals surface area contributed by atoms with Gasteiger partial charge in [-0.25, -0.2) is 9.37 Å². The van der Waals surface area contributed by atoms with Crippen LogP contribution in [0.3, 0.4) is 0 Å². The lowest BCUT2D eigenvalue weighted by Crippen LogP contribution is -2.37. The molecule has 94 valence electrons. The maximum atomic E-state index is 13.7. The number of carbonyl (C=O) groups is 1. The molecule has 0 bridgehead atoms. The molecule has 1 aliphatic rings. The van der Waals surface area contributed by atoms with Gasteiger partial charge in [-0.2, -0.15) is 0 Å². The molecule has 2 unspecified atom stereocenters. The monoisotopic (exact) mass is 239 g/mol. The van der Waals surface area contributed by atoms with E-state index in [4.69, 9.17) is 0 Å². The van der Waals surface area contributed by atoms with E-state index < -0.39 is 5.67 Å². The molecule has 2 atom stereocenters. The Balaban J connectivity index is 2.09. The fourth-order valence-electron chi connectivity index (χ4n) is 2.29. The van der Waals surface area contributed by atoms with E-state index in [-0.39, 0.29) is 18.5 Å². The minimum absolute atomic E-state index is 0.00752. The Kier molecular flexibility index (Phi) is 3.17. The Labute approximate surface area is 100 Å². The topological polar surface area (TPSA) is 38.1 Å². The van der Waals surface area contributed by atoms with Crippen LogP contribution in [0.5, 0.6) is 0 Å². The Morgan fingerprint density at radius 3 is 2.88 bits per heavy atom. The minimum Gasteiger partial charge on any atom is -0.338 e. The SMILES string of the molecule is CCC(C(=O)N1CCC(C)(F)C1)n1ccnc1. The number of hydrogen-bond donors (Lipinski definition) is 0. The average molecular weight is 239 g/mol. The first kappa shape index (κ1) is 12.1. The lowest BCUT2D eigenvalue weighted by Gasteiger charge is -2.23. The zero-order valence-corrected chi connectivity index (χ0v) is 10.3. The molecule has 0 saturated carbocycles. The predicted molar refractivity (Wildman–Crippen MR) is 62.3 cm³/mol. The molecule has 17 heavy (non-hydrogen) atoms. The second-order valence-corrected chi connectivity index (χ2v) is 4.86. The van der Waals surface area contributed by atoms with E-state index in [0.29, 0.717) is 19.4 Å². The largest absolute Gasteiger partial charge is 0.338 e. The number of hydrogen-bond acceptors (Lipinski definition) is 2. The Morgan fingerprint density at radius 1 is 1.65 bits per heavy atom. The van der Waals surface area contributed by atoms with E-state index in [2.05, 4.69) is 4.98 Å². The van der Waals surface area contributed by atoms with Gasteiger partial charge in [-0.3, -0.25) is 4.79 Å². The second kappa shape index (κ2) is 4.47. The predicted octanol–water partition coefficient (Wildman–Crippen LogP) is 1.79. The standard InChI is InChI=1S/C12H18FN3O/c1-3-10(16-7-5-14-9-16)11(17)15-6-4-12(2,13)8-15/h5,7,9-10H,3-4,6,8H2,1-2H3. The average Bonchev–Trinajstić information content (AvgIpc) is 2.88. The van der Waals surface area contributed by atoms with Gasteiger partial charge in [-0.15, -0.1) is 0 Å². The number of halogens is 1. The smallest absolute Gasteiger partial charge is 0.245 e. The summed E-state index contributed by atoms with van der Waals surface area (Å²) in [5.74, 6) is -0.00752. The molecule has 0 N–H and O–H groups in total. The summed E-state index contributed by atoms with van der Waals surface area (Å²) in [6, 6.07) is -0.258. The van der Waals surface area contributed by atoms with Gasteiger partial charge in [0.15, 0.2) is 0 Å². The van der Waals surface area contributed by atoms with Crippen LogP contribution < -0.4 is 0 Å². The summed E-state index contributed by atoms with van der Waals surface area (Å²) in [5, 5.41) is 0. The summed E-state index contributed by atoms with van der Waals surface area (Å²) < 4.78 is 15.5. The maximum absolute atomic E-state index is 13.7. The first-order valence-corrected chi connectivity index (χ1v) is 5.98. The summed E-state index contributed by atoms with van der Waals surface area (Å²) in [7, 11) is 0. The van der Waals surface area contributed by atoms with Crippen LogP contribution in [0.2, 0.25) is 0 Å². The van der Waals surface area contributed by atoms with Crippen molar-refractivity contribution in [2.24, 2.45) is 0 Å². The van der Waals surface area contributed by atoms with E-state index in [1.807, 2.05) is 6.92 Å². The normalized spacial score (nSPS) is 26.2. The molecule has 1 aromatic heterocycles. The van der Waals surface area contributed by atoms with Crippen LogP contribution in [0.4, 0.5) is 4.39 Å². The Morgan fingerprint density at radius 2 is 2.41 bits per heavy atom. The summed E-state index contributed by atoms with van der Waals surface area (Å²) >= 11 is 0. The van der Waals surface area contributed by atoms with Gasteiger partial charge in [0.1, 0.15) is 11.7 Å². The lowest BCUT2D eigenvalue weighted by atomic mass is 10.1. The molecule has 4 nitrogen and oxygen atoms in total. The fourth-order valence-corrected chi connectivity index (χ4v) is 2.29. The highest BCUT2D eigenvalue weighted by Gasteiger charge is 2.38. The molecule has 1 amide bonds. The molecule has 1 fully saturated rings. The van der Waals surface area contributed by atoms with Crippen molar-refractivity contribution >= 4 is 5.91 Å². The highest BCUT2D eigenvalue weighted by atomic mass is 19.1. The number of nitrogens with zero attached hydrogens (tertiary/aromatic N) is 3. The van der Waals surface area contributed by atoms with Gasteiger partial charge >= 0.3 is 0 Å². The summed E-state index contributed by atoms with van der Waals surface area (Å²) in [5.41, 5.74) is -1.23. The number of amides is 1. The van der Waals surface area contributed by atoms with Crippen molar-refractivity contribution in [1.82, 2.24) is 14.5 Å². The molecule has 0 aromatic carbocycles. The highest BCUT2D eigenvalue weighted by Crippen LogP contribution is 2.27. The maximum Gasteiger partial charge on any atom is 0.245 e. The zero-order valence-electron chi connectivity index (χ0n) is 10.3. The number of likely N-dealkylation sites (tertiary alicyclic amines) is 1. The molecule has 5 heteroatoms. The first-order valence-electron chi connectivity index (χ1n) is 5.98. The molecule has 1 aliphatic heterocycles. The van der Waals surface area contributed by atoms with Gasteiger partial charge in [0.05, 0.1) is 12.9 Å². The number of alkyl halides is 1. The highest BCUT2D eigenvalue weighted by molar-refractivity contribution is 5.80. The molecule has 0 radical (unpaired) electrons. The van der Waals surface area contributed by atoms with Crippen molar-refractivity contribution in [2.45, 2.75) is 38.4 Å². The van der Waals surface area contributed by atoms with E-state index in [0.717, 1.165) is 0 Å². The third-order valence-electron chi connectivity index (χ3n) is 3.29. The molecular formula is C12H18FN3O.